The van der Waals surface area contributed by atoms with Crippen LogP contribution < -0.4 is 5.32 Å². The van der Waals surface area contributed by atoms with Crippen LogP contribution >= 0.6 is 23.2 Å². The molecule has 3 aromatic heterocycles. The van der Waals surface area contributed by atoms with Gasteiger partial charge >= 0.3 is 5.97 Å². The molecule has 6 heterocycles. The summed E-state index contributed by atoms with van der Waals surface area (Å²) in [6, 6.07) is 17.2. The molecule has 0 unspecified atom stereocenters. The van der Waals surface area contributed by atoms with Gasteiger partial charge in [-0.15, -0.1) is 0 Å². The van der Waals surface area contributed by atoms with Gasteiger partial charge < -0.3 is 29.7 Å². The summed E-state index contributed by atoms with van der Waals surface area (Å²) in [6.45, 7) is 13.8. The Hall–Kier alpha value is -6.94. The number of ether oxygens (including phenoxy) is 1. The van der Waals surface area contributed by atoms with Crippen molar-refractivity contribution in [3.05, 3.63) is 130 Å². The molecule has 4 atom stereocenters. The molecule has 4 fully saturated rings. The molecule has 10 rings (SSSR count). The fourth-order valence-electron chi connectivity index (χ4n) is 11.9. The Morgan fingerprint density at radius 2 is 1.49 bits per heavy atom. The quantitative estimate of drug-likeness (QED) is 0.0867. The number of H-pyrrole nitrogens is 1. The number of imidazole rings is 1. The summed E-state index contributed by atoms with van der Waals surface area (Å²) in [5.74, 6) is -2.69. The molecule has 446 valence electrons. The van der Waals surface area contributed by atoms with Gasteiger partial charge in [0.15, 0.2) is 11.5 Å². The summed E-state index contributed by atoms with van der Waals surface area (Å²) >= 11 is 13.0. The molecule has 2 N–H and O–H groups in total. The van der Waals surface area contributed by atoms with Crippen molar-refractivity contribution in [1.82, 2.24) is 48.5 Å². The molecule has 1 saturated carbocycles. The number of piperidine rings is 1. The number of sulfonamides is 1. The molecule has 19 nitrogen and oxygen atoms in total. The lowest BCUT2D eigenvalue weighted by molar-refractivity contribution is -0.169. The van der Waals surface area contributed by atoms with E-state index in [1.807, 2.05) is 61.7 Å². The van der Waals surface area contributed by atoms with E-state index in [1.165, 1.54) is 16.4 Å². The average Bonchev–Trinajstić information content (AvgIpc) is 2.47. The van der Waals surface area contributed by atoms with Gasteiger partial charge in [-0.05, 0) is 99.0 Å². The lowest BCUT2D eigenvalue weighted by Crippen LogP contribution is -2.62. The number of carbonyl (C=O) groups is 5. The van der Waals surface area contributed by atoms with Crippen LogP contribution in [0, 0.1) is 16.6 Å². The molecule has 3 aromatic carbocycles. The largest absolute Gasteiger partial charge is 0.460 e. The van der Waals surface area contributed by atoms with Crippen LogP contribution in [0.2, 0.25) is 10.0 Å². The molecule has 0 radical (unpaired) electrons. The van der Waals surface area contributed by atoms with Crippen LogP contribution in [0.25, 0.3) is 16.9 Å². The highest BCUT2D eigenvalue weighted by molar-refractivity contribution is 7.89. The molecule has 23 heteroatoms. The molecule has 4 amide bonds. The van der Waals surface area contributed by atoms with E-state index in [2.05, 4.69) is 20.5 Å². The number of piperazine rings is 2. The van der Waals surface area contributed by atoms with Crippen molar-refractivity contribution >= 4 is 80.0 Å². The fraction of sp³-hybridized carbons (Fsp3) is 0.475. The van der Waals surface area contributed by atoms with Crippen molar-refractivity contribution in [1.29, 1.82) is 0 Å². The van der Waals surface area contributed by atoms with Crippen molar-refractivity contribution in [2.24, 2.45) is 10.8 Å². The average molecular weight is 1210 g/mol. The molecule has 3 aliphatic heterocycles. The Balaban J connectivity index is 0.753. The molecule has 84 heavy (non-hydrogen) atoms. The van der Waals surface area contributed by atoms with Gasteiger partial charge in [-0.3, -0.25) is 33.5 Å². The number of hydrogen-bond acceptors (Lipinski definition) is 12. The van der Waals surface area contributed by atoms with E-state index in [-0.39, 0.29) is 113 Å². The number of carbonyl (C=O) groups excluding carboxylic acids is 5. The highest BCUT2D eigenvalue weighted by atomic mass is 35.5. The van der Waals surface area contributed by atoms with Crippen LogP contribution in [0.5, 0.6) is 0 Å². The van der Waals surface area contributed by atoms with Gasteiger partial charge in [-0.1, -0.05) is 75.2 Å². The summed E-state index contributed by atoms with van der Waals surface area (Å²) < 4.78 is 54.6. The number of fused-ring (bicyclic) bond motifs is 1. The van der Waals surface area contributed by atoms with E-state index >= 15 is 9.18 Å². The molecule has 4 aliphatic rings. The number of anilines is 2. The summed E-state index contributed by atoms with van der Waals surface area (Å²) in [7, 11) is -4.12. The molecule has 6 aromatic rings. The third kappa shape index (κ3) is 13.3. The molecule has 0 bridgehead atoms. The van der Waals surface area contributed by atoms with Gasteiger partial charge in [-0.2, -0.15) is 9.40 Å². The first-order valence-corrected chi connectivity index (χ1v) is 30.9. The van der Waals surface area contributed by atoms with E-state index in [1.54, 1.807) is 90.2 Å². The number of benzene rings is 3. The number of aromatic amines is 1. The van der Waals surface area contributed by atoms with E-state index in [9.17, 15) is 27.6 Å². The first-order valence-electron chi connectivity index (χ1n) is 28.6. The van der Waals surface area contributed by atoms with Crippen molar-refractivity contribution < 1.29 is 41.5 Å². The predicted octanol–water partition coefficient (Wildman–Crippen LogP) is 9.64. The van der Waals surface area contributed by atoms with E-state index < -0.39 is 62.0 Å². The third-order valence-electron chi connectivity index (χ3n) is 16.5. The Morgan fingerprint density at radius 3 is 2.08 bits per heavy atom. The number of rotatable bonds is 16. The molecular formula is C61H72Cl2FN11O8S. The summed E-state index contributed by atoms with van der Waals surface area (Å²) in [4.78, 5) is 85.9. The van der Waals surface area contributed by atoms with Crippen molar-refractivity contribution in [3.63, 3.8) is 0 Å². The van der Waals surface area contributed by atoms with Crippen LogP contribution in [0.3, 0.4) is 0 Å². The van der Waals surface area contributed by atoms with E-state index in [0.29, 0.717) is 27.4 Å². The van der Waals surface area contributed by atoms with Gasteiger partial charge in [-0.25, -0.2) is 22.8 Å². The first kappa shape index (κ1) is 60.2. The number of hydrogen-bond donors (Lipinski definition) is 2. The Labute approximate surface area is 499 Å². The second kappa shape index (κ2) is 23.8. The maximum atomic E-state index is 15.8. The number of nitrogens with zero attached hydrogens (tertiary/aromatic N) is 9. The van der Waals surface area contributed by atoms with Gasteiger partial charge in [0.2, 0.25) is 27.7 Å². The topological polar surface area (TPSA) is 216 Å². The minimum absolute atomic E-state index is 0.00250. The van der Waals surface area contributed by atoms with E-state index in [0.717, 1.165) is 40.9 Å². The van der Waals surface area contributed by atoms with Crippen molar-refractivity contribution in [3.8, 4) is 11.3 Å². The van der Waals surface area contributed by atoms with Crippen LogP contribution in [-0.4, -0.2) is 156 Å². The second-order valence-corrected chi connectivity index (χ2v) is 27.8. The maximum absolute atomic E-state index is 15.8. The number of esters is 1. The van der Waals surface area contributed by atoms with E-state index in [4.69, 9.17) is 32.9 Å². The monoisotopic (exact) mass is 1210 g/mol. The number of nitrogens with one attached hydrogen (secondary N) is 2. The van der Waals surface area contributed by atoms with Gasteiger partial charge in [0.25, 0.3) is 5.91 Å². The summed E-state index contributed by atoms with van der Waals surface area (Å²) in [5.41, 5.74) is 1.91. The van der Waals surface area contributed by atoms with Crippen LogP contribution in [0.1, 0.15) is 132 Å². The second-order valence-electron chi connectivity index (χ2n) is 24.9. The minimum Gasteiger partial charge on any atom is -0.460 e. The van der Waals surface area contributed by atoms with Crippen molar-refractivity contribution in [2.45, 2.75) is 117 Å². The lowest BCUT2D eigenvalue weighted by Gasteiger charge is -2.54. The standard InChI is InChI=1S/C61H72Cl2FN11O8S/c1-59(2,3)50(75-54(39-13-16-43(62)17-14-39)45(40-9-8-10-44(63)29-40)31-61(7,58(75)80)32-53(78)83-60(4,5)6)37-84(81,82)73-27-25-71(26-28-73)52(77)20-19-51(76)70-21-23-72(24-22-70)57(79)41-15-18-47(46(64)30-41)68-55-56-65-35-49(42-33-66-67-34-42)74(56)36-48(69-55)38-11-12-38/h8-10,13-18,29-30,33-36,38,45,50,54H,11-12,19-28,31-32,37H2,1-7H3,(H,66,67)(H,68,69)/t45-,50-,54-,61-/m1/s1. The molecule has 0 spiro atoms. The third-order valence-corrected chi connectivity index (χ3v) is 18.9. The zero-order valence-electron chi connectivity index (χ0n) is 48.4. The molecule has 3 saturated heterocycles. The first-order chi connectivity index (χ1) is 39.7. The predicted molar refractivity (Wildman–Crippen MR) is 318 cm³/mol. The van der Waals surface area contributed by atoms with Crippen LogP contribution in [-0.2, 0) is 33.9 Å². The Bertz CT molecular complexity index is 3570. The van der Waals surface area contributed by atoms with Crippen LogP contribution in [0.4, 0.5) is 15.9 Å². The summed E-state index contributed by atoms with van der Waals surface area (Å²) in [6.07, 6.45) is 9.00. The number of aromatic nitrogens is 5. The number of likely N-dealkylation sites (tertiary alicyclic amines) is 1. The lowest BCUT2D eigenvalue weighted by atomic mass is 9.66. The zero-order chi connectivity index (χ0) is 60.0. The number of halogens is 3. The zero-order valence-corrected chi connectivity index (χ0v) is 50.7. The highest BCUT2D eigenvalue weighted by Crippen LogP contribution is 2.54. The summed E-state index contributed by atoms with van der Waals surface area (Å²) in [5, 5.41) is 11.0. The van der Waals surface area contributed by atoms with Gasteiger partial charge in [0, 0.05) is 111 Å². The number of amides is 4. The van der Waals surface area contributed by atoms with Crippen molar-refractivity contribution in [2.75, 3.05) is 63.4 Å². The maximum Gasteiger partial charge on any atom is 0.307 e. The smallest absolute Gasteiger partial charge is 0.307 e. The molecular weight excluding hydrogens is 1140 g/mol. The Morgan fingerprint density at radius 1 is 0.833 bits per heavy atom. The molecule has 1 aliphatic carbocycles. The van der Waals surface area contributed by atoms with Gasteiger partial charge in [0.1, 0.15) is 11.4 Å². The fourth-order valence-corrected chi connectivity index (χ4v) is 14.2. The van der Waals surface area contributed by atoms with Gasteiger partial charge in [0.05, 0.1) is 59.1 Å². The normalized spacial score (nSPS) is 20.5. The van der Waals surface area contributed by atoms with Crippen LogP contribution in [0.15, 0.2) is 91.5 Å². The highest BCUT2D eigenvalue weighted by Gasteiger charge is 2.55. The SMILES string of the molecule is CC(C)(C)OC(=O)C[C@@]1(C)C[C@H](c2cccc(Cl)c2)[C@@H](c2ccc(Cl)cc2)N([C@H](CS(=O)(=O)N2CCN(C(=O)CCC(=O)N3CCN(C(=O)c4ccc(Nc5nc(C6CC6)cn6c(-c7cn[nH]c7)cnc56)c(F)c4)CC3)CC2)C(C)(C)C)C1=O. The minimum atomic E-state index is -4.12. The Kier molecular flexibility index (Phi) is 17.1.